The standard InChI is InChI=1S/C17H13ClN6O4/c1-11-14(17(18)22(21-11)12-5-3-2-4-6-12)10-19-20-15-8-7-13(23(25)26)9-16(15)24(27)28/h2-10,20H,1H3/b19-10+. The van der Waals surface area contributed by atoms with E-state index in [1.165, 1.54) is 12.3 Å². The normalized spacial score (nSPS) is 10.9. The first-order valence-corrected chi connectivity index (χ1v) is 8.28. The van der Waals surface area contributed by atoms with E-state index in [9.17, 15) is 20.2 Å². The number of para-hydroxylation sites is 1. The zero-order valence-corrected chi connectivity index (χ0v) is 15.2. The van der Waals surface area contributed by atoms with Crippen molar-refractivity contribution in [3.8, 4) is 5.69 Å². The van der Waals surface area contributed by atoms with Crippen molar-refractivity contribution >= 4 is 34.9 Å². The average molecular weight is 401 g/mol. The number of aromatic nitrogens is 2. The van der Waals surface area contributed by atoms with Gasteiger partial charge < -0.3 is 0 Å². The van der Waals surface area contributed by atoms with E-state index in [0.717, 1.165) is 17.8 Å². The van der Waals surface area contributed by atoms with Gasteiger partial charge in [0.1, 0.15) is 10.8 Å². The van der Waals surface area contributed by atoms with Crippen molar-refractivity contribution in [2.45, 2.75) is 6.92 Å². The van der Waals surface area contributed by atoms with Gasteiger partial charge in [0.25, 0.3) is 5.69 Å². The molecule has 142 valence electrons. The second kappa shape index (κ2) is 7.84. The van der Waals surface area contributed by atoms with Gasteiger partial charge in [0.15, 0.2) is 0 Å². The number of benzene rings is 2. The number of nitro groups is 2. The maximum atomic E-state index is 11.2. The summed E-state index contributed by atoms with van der Waals surface area (Å²) >= 11 is 6.38. The molecule has 0 atom stereocenters. The predicted octanol–water partition coefficient (Wildman–Crippen LogP) is 4.10. The molecule has 11 heteroatoms. The number of aryl methyl sites for hydroxylation is 1. The van der Waals surface area contributed by atoms with Gasteiger partial charge in [-0.2, -0.15) is 10.2 Å². The zero-order valence-electron chi connectivity index (χ0n) is 14.4. The lowest BCUT2D eigenvalue weighted by Gasteiger charge is -2.02. The first-order valence-electron chi connectivity index (χ1n) is 7.91. The molecule has 10 nitrogen and oxygen atoms in total. The van der Waals surface area contributed by atoms with E-state index in [0.29, 0.717) is 16.4 Å². The fourth-order valence-electron chi connectivity index (χ4n) is 2.44. The maximum absolute atomic E-state index is 11.2. The highest BCUT2D eigenvalue weighted by Gasteiger charge is 2.19. The summed E-state index contributed by atoms with van der Waals surface area (Å²) in [5, 5.41) is 30.6. The summed E-state index contributed by atoms with van der Waals surface area (Å²) in [6.45, 7) is 1.75. The number of nitrogens with one attached hydrogen (secondary N) is 1. The van der Waals surface area contributed by atoms with Crippen molar-refractivity contribution in [1.82, 2.24) is 9.78 Å². The van der Waals surface area contributed by atoms with Crippen molar-refractivity contribution in [2.24, 2.45) is 5.10 Å². The predicted molar refractivity (Wildman–Crippen MR) is 104 cm³/mol. The van der Waals surface area contributed by atoms with Crippen LogP contribution in [0.3, 0.4) is 0 Å². The van der Waals surface area contributed by atoms with Crippen LogP contribution in [-0.2, 0) is 0 Å². The van der Waals surface area contributed by atoms with E-state index in [2.05, 4.69) is 15.6 Å². The Kier molecular flexibility index (Phi) is 5.32. The fourth-order valence-corrected chi connectivity index (χ4v) is 2.76. The summed E-state index contributed by atoms with van der Waals surface area (Å²) in [5.74, 6) is 0. The smallest absolute Gasteiger partial charge is 0.272 e. The van der Waals surface area contributed by atoms with Crippen LogP contribution in [-0.4, -0.2) is 25.8 Å². The minimum atomic E-state index is -0.726. The summed E-state index contributed by atoms with van der Waals surface area (Å²) in [4.78, 5) is 20.5. The van der Waals surface area contributed by atoms with Crippen molar-refractivity contribution < 1.29 is 9.85 Å². The number of hydrogen-bond acceptors (Lipinski definition) is 7. The lowest BCUT2D eigenvalue weighted by atomic mass is 10.2. The van der Waals surface area contributed by atoms with Gasteiger partial charge in [-0.3, -0.25) is 25.7 Å². The summed E-state index contributed by atoms with van der Waals surface area (Å²) in [6.07, 6.45) is 1.38. The molecule has 0 radical (unpaired) electrons. The van der Waals surface area contributed by atoms with Crippen LogP contribution in [0.1, 0.15) is 11.3 Å². The third-order valence-corrected chi connectivity index (χ3v) is 4.18. The summed E-state index contributed by atoms with van der Waals surface area (Å²) in [5.41, 5.74) is 3.60. The molecule has 0 aliphatic heterocycles. The molecule has 0 aliphatic rings. The molecule has 0 aliphatic carbocycles. The Morgan fingerprint density at radius 2 is 1.86 bits per heavy atom. The molecule has 0 saturated carbocycles. The molecule has 0 spiro atoms. The lowest BCUT2D eigenvalue weighted by Crippen LogP contribution is -1.99. The van der Waals surface area contributed by atoms with Crippen LogP contribution in [0.2, 0.25) is 5.15 Å². The number of non-ortho nitro benzene ring substituents is 1. The van der Waals surface area contributed by atoms with Crippen LogP contribution in [0, 0.1) is 27.2 Å². The quantitative estimate of drug-likeness (QED) is 0.377. The average Bonchev–Trinajstić information content (AvgIpc) is 2.96. The monoisotopic (exact) mass is 400 g/mol. The molecule has 0 unspecified atom stereocenters. The highest BCUT2D eigenvalue weighted by atomic mass is 35.5. The van der Waals surface area contributed by atoms with Gasteiger partial charge in [-0.15, -0.1) is 0 Å². The van der Waals surface area contributed by atoms with E-state index in [-0.39, 0.29) is 11.4 Å². The van der Waals surface area contributed by atoms with Gasteiger partial charge in [0, 0.05) is 6.07 Å². The van der Waals surface area contributed by atoms with Gasteiger partial charge >= 0.3 is 5.69 Å². The van der Waals surface area contributed by atoms with Crippen LogP contribution < -0.4 is 5.43 Å². The fraction of sp³-hybridized carbons (Fsp3) is 0.0588. The topological polar surface area (TPSA) is 128 Å². The molecule has 0 saturated heterocycles. The number of nitrogens with zero attached hydrogens (tertiary/aromatic N) is 5. The molecule has 0 fully saturated rings. The van der Waals surface area contributed by atoms with Crippen LogP contribution >= 0.6 is 11.6 Å². The molecule has 3 aromatic rings. The Morgan fingerprint density at radius 3 is 2.50 bits per heavy atom. The van der Waals surface area contributed by atoms with Crippen molar-refractivity contribution in [2.75, 3.05) is 5.43 Å². The van der Waals surface area contributed by atoms with Crippen LogP contribution in [0.25, 0.3) is 5.69 Å². The Balaban J connectivity index is 1.87. The van der Waals surface area contributed by atoms with Crippen LogP contribution in [0.15, 0.2) is 53.6 Å². The van der Waals surface area contributed by atoms with Crippen LogP contribution in [0.5, 0.6) is 0 Å². The lowest BCUT2D eigenvalue weighted by molar-refractivity contribution is -0.393. The summed E-state index contributed by atoms with van der Waals surface area (Å²) in [6, 6.07) is 12.5. The maximum Gasteiger partial charge on any atom is 0.301 e. The van der Waals surface area contributed by atoms with E-state index in [4.69, 9.17) is 11.6 Å². The number of hydrazone groups is 1. The highest BCUT2D eigenvalue weighted by molar-refractivity contribution is 6.32. The molecule has 0 amide bonds. The zero-order chi connectivity index (χ0) is 20.3. The number of anilines is 1. The van der Waals surface area contributed by atoms with Gasteiger partial charge in [-0.1, -0.05) is 29.8 Å². The minimum Gasteiger partial charge on any atom is -0.272 e. The van der Waals surface area contributed by atoms with E-state index >= 15 is 0 Å². The minimum absolute atomic E-state index is 0.0103. The SMILES string of the molecule is Cc1nn(-c2ccccc2)c(Cl)c1/C=N/Nc1ccc([N+](=O)[O-])cc1[N+](=O)[O-]. The molecular weight excluding hydrogens is 388 g/mol. The van der Waals surface area contributed by atoms with Gasteiger partial charge in [0.05, 0.1) is 39.1 Å². The molecule has 1 N–H and O–H groups in total. The largest absolute Gasteiger partial charge is 0.301 e. The molecule has 28 heavy (non-hydrogen) atoms. The molecule has 1 aromatic heterocycles. The third-order valence-electron chi connectivity index (χ3n) is 3.82. The molecule has 1 heterocycles. The van der Waals surface area contributed by atoms with Gasteiger partial charge in [0.2, 0.25) is 0 Å². The Morgan fingerprint density at radius 1 is 1.14 bits per heavy atom. The van der Waals surface area contributed by atoms with Gasteiger partial charge in [-0.05, 0) is 25.1 Å². The second-order valence-corrected chi connectivity index (χ2v) is 5.98. The Hall–Kier alpha value is -3.79. The number of nitro benzene ring substituents is 2. The van der Waals surface area contributed by atoms with E-state index < -0.39 is 15.5 Å². The molecule has 0 bridgehead atoms. The highest BCUT2D eigenvalue weighted by Crippen LogP contribution is 2.29. The van der Waals surface area contributed by atoms with E-state index in [1.807, 2.05) is 30.3 Å². The van der Waals surface area contributed by atoms with Crippen molar-refractivity contribution in [3.05, 3.63) is 85.2 Å². The first kappa shape index (κ1) is 19.0. The number of hydrogen-bond donors (Lipinski definition) is 1. The van der Waals surface area contributed by atoms with Crippen molar-refractivity contribution in [1.29, 1.82) is 0 Å². The number of rotatable bonds is 6. The number of halogens is 1. The second-order valence-electron chi connectivity index (χ2n) is 5.62. The first-order chi connectivity index (χ1) is 13.4. The Labute approximate surface area is 163 Å². The summed E-state index contributed by atoms with van der Waals surface area (Å²) in [7, 11) is 0. The molecular formula is C17H13ClN6O4. The van der Waals surface area contributed by atoms with Gasteiger partial charge in [-0.25, -0.2) is 4.68 Å². The van der Waals surface area contributed by atoms with Crippen molar-refractivity contribution in [3.63, 3.8) is 0 Å². The molecule has 2 aromatic carbocycles. The van der Waals surface area contributed by atoms with Crippen LogP contribution in [0.4, 0.5) is 17.1 Å². The molecule has 3 rings (SSSR count). The Bertz CT molecular complexity index is 1080. The van der Waals surface area contributed by atoms with E-state index in [1.54, 1.807) is 11.6 Å². The summed E-state index contributed by atoms with van der Waals surface area (Å²) < 4.78 is 1.55. The third kappa shape index (κ3) is 3.81.